The van der Waals surface area contributed by atoms with Crippen molar-refractivity contribution in [1.82, 2.24) is 19.9 Å². The van der Waals surface area contributed by atoms with Gasteiger partial charge in [0.15, 0.2) is 5.65 Å². The SMILES string of the molecule is Cc1c(Cl)cnc2c1ncn2CC(O)C[C@H]1NCCC[C@@H]1O. The average Bonchev–Trinajstić information content (AvgIpc) is 2.89. The molecule has 3 rings (SSSR count). The third-order valence-corrected chi connectivity index (χ3v) is 4.69. The van der Waals surface area contributed by atoms with Crippen LogP contribution >= 0.6 is 11.6 Å². The molecule has 0 aliphatic carbocycles. The van der Waals surface area contributed by atoms with Crippen molar-refractivity contribution in [2.75, 3.05) is 6.54 Å². The largest absolute Gasteiger partial charge is 0.392 e. The number of piperidine rings is 1. The first-order valence-electron chi connectivity index (χ1n) is 7.61. The summed E-state index contributed by atoms with van der Waals surface area (Å²) >= 11 is 6.05. The molecule has 3 atom stereocenters. The zero-order valence-electron chi connectivity index (χ0n) is 12.5. The standard InChI is InChI=1S/C15H21ClN4O2/c1-9-11(16)6-18-15-14(9)19-8-20(15)7-10(21)5-12-13(22)3-2-4-17-12/h6,8,10,12-13,17,21-22H,2-5,7H2,1H3/t10?,12-,13+/m1/s1. The lowest BCUT2D eigenvalue weighted by Crippen LogP contribution is -2.46. The lowest BCUT2D eigenvalue weighted by molar-refractivity contribution is 0.0546. The molecule has 0 saturated carbocycles. The maximum absolute atomic E-state index is 10.3. The number of pyridine rings is 1. The first-order valence-corrected chi connectivity index (χ1v) is 7.99. The minimum absolute atomic E-state index is 0.0531. The third kappa shape index (κ3) is 3.10. The zero-order valence-corrected chi connectivity index (χ0v) is 13.3. The summed E-state index contributed by atoms with van der Waals surface area (Å²) in [6.45, 7) is 3.19. The maximum atomic E-state index is 10.3. The van der Waals surface area contributed by atoms with Crippen LogP contribution in [-0.2, 0) is 6.54 Å². The van der Waals surface area contributed by atoms with Crippen LogP contribution in [0.25, 0.3) is 11.2 Å². The summed E-state index contributed by atoms with van der Waals surface area (Å²) in [5, 5.41) is 24.1. The van der Waals surface area contributed by atoms with Crippen LogP contribution in [0.2, 0.25) is 5.02 Å². The Hall–Kier alpha value is -1.21. The molecule has 1 aliphatic heterocycles. The zero-order chi connectivity index (χ0) is 15.7. The molecule has 0 aromatic carbocycles. The second-order valence-electron chi connectivity index (χ2n) is 5.96. The fraction of sp³-hybridized carbons (Fsp3) is 0.600. The number of fused-ring (bicyclic) bond motifs is 1. The molecular formula is C15H21ClN4O2. The molecule has 3 heterocycles. The topological polar surface area (TPSA) is 83.2 Å². The summed E-state index contributed by atoms with van der Waals surface area (Å²) in [7, 11) is 0. The Balaban J connectivity index is 1.71. The lowest BCUT2D eigenvalue weighted by Gasteiger charge is -2.30. The number of halogens is 1. The Morgan fingerprint density at radius 3 is 3.09 bits per heavy atom. The number of hydrogen-bond donors (Lipinski definition) is 3. The van der Waals surface area contributed by atoms with Gasteiger partial charge in [0.25, 0.3) is 0 Å². The van der Waals surface area contributed by atoms with Crippen LogP contribution in [0, 0.1) is 6.92 Å². The Kier molecular flexibility index (Phi) is 4.63. The highest BCUT2D eigenvalue weighted by Crippen LogP contribution is 2.22. The molecule has 0 amide bonds. The van der Waals surface area contributed by atoms with E-state index in [2.05, 4.69) is 15.3 Å². The van der Waals surface area contributed by atoms with E-state index in [1.54, 1.807) is 12.5 Å². The van der Waals surface area contributed by atoms with Crippen LogP contribution in [-0.4, -0.2) is 49.5 Å². The summed E-state index contributed by atoms with van der Waals surface area (Å²) in [4.78, 5) is 8.64. The van der Waals surface area contributed by atoms with Crippen molar-refractivity contribution in [2.24, 2.45) is 0 Å². The highest BCUT2D eigenvalue weighted by Gasteiger charge is 2.25. The number of imidazole rings is 1. The number of aromatic nitrogens is 3. The molecule has 1 unspecified atom stereocenters. The van der Waals surface area contributed by atoms with E-state index in [1.165, 1.54) is 0 Å². The molecule has 6 nitrogen and oxygen atoms in total. The number of rotatable bonds is 4. The lowest BCUT2D eigenvalue weighted by atomic mass is 9.96. The Bertz CT molecular complexity index is 660. The van der Waals surface area contributed by atoms with Crippen molar-refractivity contribution in [3.05, 3.63) is 23.1 Å². The van der Waals surface area contributed by atoms with Crippen LogP contribution < -0.4 is 5.32 Å². The van der Waals surface area contributed by atoms with Gasteiger partial charge < -0.3 is 20.1 Å². The molecule has 1 aliphatic rings. The molecular weight excluding hydrogens is 304 g/mol. The highest BCUT2D eigenvalue weighted by molar-refractivity contribution is 6.31. The van der Waals surface area contributed by atoms with Crippen LogP contribution in [0.4, 0.5) is 0 Å². The van der Waals surface area contributed by atoms with Gasteiger partial charge in [-0.25, -0.2) is 9.97 Å². The number of hydrogen-bond acceptors (Lipinski definition) is 5. The van der Waals surface area contributed by atoms with Crippen molar-refractivity contribution in [3.8, 4) is 0 Å². The van der Waals surface area contributed by atoms with E-state index in [0.29, 0.717) is 18.0 Å². The van der Waals surface area contributed by atoms with Crippen LogP contribution in [0.1, 0.15) is 24.8 Å². The minimum atomic E-state index is -0.569. The van der Waals surface area contributed by atoms with Crippen molar-refractivity contribution in [3.63, 3.8) is 0 Å². The molecule has 22 heavy (non-hydrogen) atoms. The molecule has 7 heteroatoms. The van der Waals surface area contributed by atoms with Crippen LogP contribution in [0.15, 0.2) is 12.5 Å². The number of aliphatic hydroxyl groups is 2. The Morgan fingerprint density at radius 1 is 1.50 bits per heavy atom. The summed E-state index contributed by atoms with van der Waals surface area (Å²) in [6, 6.07) is -0.0531. The second kappa shape index (κ2) is 6.50. The second-order valence-corrected chi connectivity index (χ2v) is 6.37. The van der Waals surface area contributed by atoms with E-state index in [9.17, 15) is 10.2 Å². The van der Waals surface area contributed by atoms with Crippen molar-refractivity contribution >= 4 is 22.8 Å². The molecule has 0 spiro atoms. The van der Waals surface area contributed by atoms with Gasteiger partial charge >= 0.3 is 0 Å². The molecule has 120 valence electrons. The summed E-state index contributed by atoms with van der Waals surface area (Å²) in [5.74, 6) is 0. The Labute approximate surface area is 134 Å². The normalized spacial score (nSPS) is 23.8. The van der Waals surface area contributed by atoms with Gasteiger partial charge in [0.2, 0.25) is 0 Å². The van der Waals surface area contributed by atoms with Gasteiger partial charge in [-0.1, -0.05) is 11.6 Å². The predicted octanol–water partition coefficient (Wildman–Crippen LogP) is 1.26. The third-order valence-electron chi connectivity index (χ3n) is 4.30. The Morgan fingerprint density at radius 2 is 2.32 bits per heavy atom. The van der Waals surface area contributed by atoms with E-state index in [4.69, 9.17) is 11.6 Å². The smallest absolute Gasteiger partial charge is 0.160 e. The van der Waals surface area contributed by atoms with Gasteiger partial charge in [-0.15, -0.1) is 0 Å². The van der Waals surface area contributed by atoms with Gasteiger partial charge in [0.05, 0.1) is 30.1 Å². The quantitative estimate of drug-likeness (QED) is 0.788. The maximum Gasteiger partial charge on any atom is 0.160 e. The van der Waals surface area contributed by atoms with Crippen molar-refractivity contribution < 1.29 is 10.2 Å². The monoisotopic (exact) mass is 324 g/mol. The highest BCUT2D eigenvalue weighted by atomic mass is 35.5. The van der Waals surface area contributed by atoms with Crippen LogP contribution in [0.5, 0.6) is 0 Å². The fourth-order valence-electron chi connectivity index (χ4n) is 3.01. The number of nitrogens with zero attached hydrogens (tertiary/aromatic N) is 3. The van der Waals surface area contributed by atoms with Crippen LogP contribution in [0.3, 0.4) is 0 Å². The molecule has 2 aromatic rings. The number of nitrogens with one attached hydrogen (secondary N) is 1. The van der Waals surface area contributed by atoms with Gasteiger partial charge in [0, 0.05) is 12.2 Å². The number of aryl methyl sites for hydroxylation is 1. The van der Waals surface area contributed by atoms with E-state index in [0.717, 1.165) is 36.1 Å². The average molecular weight is 325 g/mol. The molecule has 1 fully saturated rings. The van der Waals surface area contributed by atoms with E-state index in [-0.39, 0.29) is 12.1 Å². The van der Waals surface area contributed by atoms with E-state index in [1.807, 2.05) is 11.5 Å². The van der Waals surface area contributed by atoms with E-state index < -0.39 is 6.10 Å². The minimum Gasteiger partial charge on any atom is -0.392 e. The van der Waals surface area contributed by atoms with Gasteiger partial charge in [-0.2, -0.15) is 0 Å². The molecule has 1 saturated heterocycles. The van der Waals surface area contributed by atoms with Gasteiger partial charge in [-0.05, 0) is 38.3 Å². The molecule has 3 N–H and O–H groups in total. The number of aliphatic hydroxyl groups excluding tert-OH is 2. The fourth-order valence-corrected chi connectivity index (χ4v) is 3.15. The van der Waals surface area contributed by atoms with E-state index >= 15 is 0 Å². The van der Waals surface area contributed by atoms with Crippen molar-refractivity contribution in [2.45, 2.75) is 51.0 Å². The molecule has 2 aromatic heterocycles. The summed E-state index contributed by atoms with van der Waals surface area (Å²) < 4.78 is 1.83. The summed E-state index contributed by atoms with van der Waals surface area (Å²) in [5.41, 5.74) is 2.37. The van der Waals surface area contributed by atoms with Gasteiger partial charge in [-0.3, -0.25) is 0 Å². The molecule has 0 bridgehead atoms. The summed E-state index contributed by atoms with van der Waals surface area (Å²) in [6.07, 6.45) is 4.60. The molecule has 0 radical (unpaired) electrons. The first-order chi connectivity index (χ1) is 10.6. The predicted molar refractivity (Wildman–Crippen MR) is 84.9 cm³/mol. The van der Waals surface area contributed by atoms with Crippen molar-refractivity contribution in [1.29, 1.82) is 0 Å². The van der Waals surface area contributed by atoms with Gasteiger partial charge in [0.1, 0.15) is 5.52 Å². The first kappa shape index (κ1) is 15.7.